The largest absolute Gasteiger partial charge is 0.478 e. The molecule has 5 heteroatoms. The minimum atomic E-state index is -1.21. The van der Waals surface area contributed by atoms with Gasteiger partial charge in [-0.1, -0.05) is 30.3 Å². The van der Waals surface area contributed by atoms with Crippen molar-refractivity contribution in [1.29, 1.82) is 5.26 Å². The Kier molecular flexibility index (Phi) is 3.96. The Bertz CT molecular complexity index is 1000. The molecule has 1 amide bonds. The fourth-order valence-electron chi connectivity index (χ4n) is 2.42. The minimum Gasteiger partial charge on any atom is -0.478 e. The summed E-state index contributed by atoms with van der Waals surface area (Å²) in [5.41, 5.74) is 0.674. The molecule has 0 spiro atoms. The second-order valence-corrected chi connectivity index (χ2v) is 5.19. The summed E-state index contributed by atoms with van der Waals surface area (Å²) in [4.78, 5) is 23.7. The number of carbonyl (C=O) groups is 2. The molecule has 3 aromatic carbocycles. The average Bonchev–Trinajstić information content (AvgIpc) is 2.61. The summed E-state index contributed by atoms with van der Waals surface area (Å²) in [6.07, 6.45) is 0. The molecule has 0 aliphatic carbocycles. The molecule has 0 saturated carbocycles. The maximum Gasteiger partial charge on any atom is 0.337 e. The zero-order valence-corrected chi connectivity index (χ0v) is 12.5. The molecule has 24 heavy (non-hydrogen) atoms. The van der Waals surface area contributed by atoms with E-state index in [4.69, 9.17) is 5.26 Å². The highest BCUT2D eigenvalue weighted by molar-refractivity contribution is 6.09. The number of hydrogen-bond donors (Lipinski definition) is 2. The van der Waals surface area contributed by atoms with E-state index in [1.165, 1.54) is 18.2 Å². The summed E-state index contributed by atoms with van der Waals surface area (Å²) in [5.74, 6) is -1.62. The van der Waals surface area contributed by atoms with E-state index in [0.717, 1.165) is 10.8 Å². The number of carboxylic acid groups (broad SMARTS) is 1. The topological polar surface area (TPSA) is 90.2 Å². The van der Waals surface area contributed by atoms with Crippen LogP contribution < -0.4 is 5.32 Å². The summed E-state index contributed by atoms with van der Waals surface area (Å²) in [5, 5.41) is 22.6. The van der Waals surface area contributed by atoms with E-state index >= 15 is 0 Å². The van der Waals surface area contributed by atoms with Gasteiger partial charge in [-0.2, -0.15) is 5.26 Å². The lowest BCUT2D eigenvalue weighted by Crippen LogP contribution is -2.15. The van der Waals surface area contributed by atoms with Crippen LogP contribution in [0.4, 0.5) is 5.69 Å². The molecular weight excluding hydrogens is 304 g/mol. The van der Waals surface area contributed by atoms with E-state index in [-0.39, 0.29) is 16.8 Å². The van der Waals surface area contributed by atoms with Gasteiger partial charge in [0.15, 0.2) is 0 Å². The van der Waals surface area contributed by atoms with Crippen LogP contribution in [0.25, 0.3) is 10.8 Å². The van der Waals surface area contributed by atoms with Crippen LogP contribution in [0.1, 0.15) is 26.3 Å². The predicted molar refractivity (Wildman–Crippen MR) is 90.0 cm³/mol. The molecule has 0 aromatic heterocycles. The predicted octanol–water partition coefficient (Wildman–Crippen LogP) is 3.66. The van der Waals surface area contributed by atoms with Gasteiger partial charge in [0.25, 0.3) is 5.91 Å². The number of carboxylic acids is 1. The summed E-state index contributed by atoms with van der Waals surface area (Å²) in [6, 6.07) is 18.9. The molecule has 116 valence electrons. The quantitative estimate of drug-likeness (QED) is 0.771. The zero-order valence-electron chi connectivity index (χ0n) is 12.5. The number of fused-ring (bicyclic) bond motifs is 1. The van der Waals surface area contributed by atoms with Gasteiger partial charge in [0.2, 0.25) is 0 Å². The first kappa shape index (κ1) is 15.3. The van der Waals surface area contributed by atoms with Gasteiger partial charge in [-0.15, -0.1) is 0 Å². The summed E-state index contributed by atoms with van der Waals surface area (Å²) < 4.78 is 0. The number of nitriles is 1. The van der Waals surface area contributed by atoms with Crippen LogP contribution in [-0.2, 0) is 0 Å². The van der Waals surface area contributed by atoms with E-state index in [9.17, 15) is 14.7 Å². The number of nitrogens with zero attached hydrogens (tertiary/aromatic N) is 1. The number of benzene rings is 3. The number of nitrogens with one attached hydrogen (secondary N) is 1. The Morgan fingerprint density at radius 3 is 2.42 bits per heavy atom. The van der Waals surface area contributed by atoms with E-state index in [1.54, 1.807) is 12.1 Å². The molecule has 0 atom stereocenters. The maximum absolute atomic E-state index is 12.4. The van der Waals surface area contributed by atoms with Crippen molar-refractivity contribution in [2.24, 2.45) is 0 Å². The van der Waals surface area contributed by atoms with Gasteiger partial charge >= 0.3 is 5.97 Å². The SMILES string of the molecule is N#Cc1ccc(NC(=O)c2ccc3ccccc3c2)c(C(=O)O)c1. The third-order valence-electron chi connectivity index (χ3n) is 3.64. The Balaban J connectivity index is 1.94. The Hall–Kier alpha value is -3.65. The highest BCUT2D eigenvalue weighted by Gasteiger charge is 2.14. The lowest BCUT2D eigenvalue weighted by atomic mass is 10.1. The minimum absolute atomic E-state index is 0.122. The molecule has 2 N–H and O–H groups in total. The Morgan fingerprint density at radius 1 is 0.958 bits per heavy atom. The fraction of sp³-hybridized carbons (Fsp3) is 0. The van der Waals surface area contributed by atoms with Gasteiger partial charge in [-0.25, -0.2) is 4.79 Å². The molecule has 0 unspecified atom stereocenters. The van der Waals surface area contributed by atoms with Gasteiger partial charge in [0, 0.05) is 5.56 Å². The zero-order chi connectivity index (χ0) is 17.1. The molecule has 0 saturated heterocycles. The lowest BCUT2D eigenvalue weighted by molar-refractivity contribution is 0.0698. The van der Waals surface area contributed by atoms with Crippen molar-refractivity contribution < 1.29 is 14.7 Å². The molecule has 0 radical (unpaired) electrons. The monoisotopic (exact) mass is 316 g/mol. The van der Waals surface area contributed by atoms with Gasteiger partial charge in [0.05, 0.1) is 22.9 Å². The molecule has 0 fully saturated rings. The molecule has 0 heterocycles. The van der Waals surface area contributed by atoms with Crippen molar-refractivity contribution in [1.82, 2.24) is 0 Å². The lowest BCUT2D eigenvalue weighted by Gasteiger charge is -2.09. The fourth-order valence-corrected chi connectivity index (χ4v) is 2.42. The number of anilines is 1. The second kappa shape index (κ2) is 6.23. The summed E-state index contributed by atoms with van der Waals surface area (Å²) in [7, 11) is 0. The maximum atomic E-state index is 12.4. The first-order valence-electron chi connectivity index (χ1n) is 7.16. The van der Waals surface area contributed by atoms with Crippen LogP contribution in [0.15, 0.2) is 60.7 Å². The molecule has 3 aromatic rings. The summed E-state index contributed by atoms with van der Waals surface area (Å²) >= 11 is 0. The second-order valence-electron chi connectivity index (χ2n) is 5.19. The third-order valence-corrected chi connectivity index (χ3v) is 3.64. The molecular formula is C19H12N2O3. The van der Waals surface area contributed by atoms with Crippen molar-refractivity contribution in [3.8, 4) is 6.07 Å². The van der Waals surface area contributed by atoms with E-state index in [0.29, 0.717) is 5.56 Å². The van der Waals surface area contributed by atoms with Crippen molar-refractivity contribution in [2.45, 2.75) is 0 Å². The van der Waals surface area contributed by atoms with Crippen LogP contribution >= 0.6 is 0 Å². The van der Waals surface area contributed by atoms with Crippen molar-refractivity contribution >= 4 is 28.3 Å². The molecule has 5 nitrogen and oxygen atoms in total. The Morgan fingerprint density at radius 2 is 1.71 bits per heavy atom. The normalized spacial score (nSPS) is 10.1. The summed E-state index contributed by atoms with van der Waals surface area (Å²) in [6.45, 7) is 0. The number of carbonyl (C=O) groups excluding carboxylic acids is 1. The van der Waals surface area contributed by atoms with Crippen molar-refractivity contribution in [3.63, 3.8) is 0 Å². The van der Waals surface area contributed by atoms with Crippen molar-refractivity contribution in [2.75, 3.05) is 5.32 Å². The number of amides is 1. The number of aromatic carboxylic acids is 1. The Labute approximate surface area is 137 Å². The first-order chi connectivity index (χ1) is 11.6. The smallest absolute Gasteiger partial charge is 0.337 e. The van der Waals surface area contributed by atoms with E-state index in [2.05, 4.69) is 5.32 Å². The van der Waals surface area contributed by atoms with Crippen LogP contribution in [0, 0.1) is 11.3 Å². The molecule has 0 aliphatic heterocycles. The average molecular weight is 316 g/mol. The molecule has 0 aliphatic rings. The van der Waals surface area contributed by atoms with Crippen LogP contribution in [0.2, 0.25) is 0 Å². The van der Waals surface area contributed by atoms with Crippen LogP contribution in [0.3, 0.4) is 0 Å². The van der Waals surface area contributed by atoms with Gasteiger partial charge in [-0.3, -0.25) is 4.79 Å². The van der Waals surface area contributed by atoms with E-state index < -0.39 is 11.9 Å². The number of rotatable bonds is 3. The number of hydrogen-bond acceptors (Lipinski definition) is 3. The van der Waals surface area contributed by atoms with E-state index in [1.807, 2.05) is 36.4 Å². The molecule has 3 rings (SSSR count). The highest BCUT2D eigenvalue weighted by Crippen LogP contribution is 2.20. The van der Waals surface area contributed by atoms with Crippen LogP contribution in [-0.4, -0.2) is 17.0 Å². The van der Waals surface area contributed by atoms with Crippen molar-refractivity contribution in [3.05, 3.63) is 77.4 Å². The van der Waals surface area contributed by atoms with Gasteiger partial charge < -0.3 is 10.4 Å². The third kappa shape index (κ3) is 2.94. The standard InChI is InChI=1S/C19H12N2O3/c20-11-12-5-8-17(16(9-12)19(23)24)21-18(22)15-7-6-13-3-1-2-4-14(13)10-15/h1-10H,(H,21,22)(H,23,24). The molecule has 0 bridgehead atoms. The highest BCUT2D eigenvalue weighted by atomic mass is 16.4. The van der Waals surface area contributed by atoms with Gasteiger partial charge in [0.1, 0.15) is 0 Å². The van der Waals surface area contributed by atoms with Crippen LogP contribution in [0.5, 0.6) is 0 Å². The first-order valence-corrected chi connectivity index (χ1v) is 7.16. The van der Waals surface area contributed by atoms with Gasteiger partial charge in [-0.05, 0) is 41.1 Å².